The molecule has 0 amide bonds. The van der Waals surface area contributed by atoms with Gasteiger partial charge < -0.3 is 10.2 Å². The quantitative estimate of drug-likeness (QED) is 0.413. The Bertz CT molecular complexity index is 669. The molecule has 0 aliphatic carbocycles. The largest absolute Gasteiger partial charge is 0.507 e. The fourth-order valence-electron chi connectivity index (χ4n) is 2.44. The lowest BCUT2D eigenvalue weighted by Crippen LogP contribution is -1.88. The maximum Gasteiger partial charge on any atom is 0.123 e. The van der Waals surface area contributed by atoms with E-state index in [0.29, 0.717) is 16.4 Å². The summed E-state index contributed by atoms with van der Waals surface area (Å²) in [6, 6.07) is 11.2. The van der Waals surface area contributed by atoms with Gasteiger partial charge in [0.05, 0.1) is 0 Å². The van der Waals surface area contributed by atoms with Crippen molar-refractivity contribution < 1.29 is 10.2 Å². The Labute approximate surface area is 153 Å². The topological polar surface area (TPSA) is 40.5 Å². The van der Waals surface area contributed by atoms with Crippen LogP contribution in [0.15, 0.2) is 46.2 Å². The molecule has 24 heavy (non-hydrogen) atoms. The molecular formula is C20H26O2S2. The summed E-state index contributed by atoms with van der Waals surface area (Å²) in [6.07, 6.45) is 3.66. The number of phenols is 2. The van der Waals surface area contributed by atoms with Crippen molar-refractivity contribution in [2.24, 2.45) is 0 Å². The summed E-state index contributed by atoms with van der Waals surface area (Å²) in [5.41, 5.74) is 1.38. The Hall–Kier alpha value is -1.26. The summed E-state index contributed by atoms with van der Waals surface area (Å²) in [4.78, 5) is 2.22. The number of hydrogen-bond acceptors (Lipinski definition) is 4. The van der Waals surface area contributed by atoms with E-state index >= 15 is 0 Å². The van der Waals surface area contributed by atoms with Gasteiger partial charge in [-0.2, -0.15) is 0 Å². The van der Waals surface area contributed by atoms with E-state index in [4.69, 9.17) is 0 Å². The highest BCUT2D eigenvalue weighted by Gasteiger charge is 2.12. The Morgan fingerprint density at radius 1 is 0.875 bits per heavy atom. The fraction of sp³-hybridized carbons (Fsp3) is 0.400. The third kappa shape index (κ3) is 5.38. The van der Waals surface area contributed by atoms with E-state index in [2.05, 4.69) is 20.8 Å². The third-order valence-electron chi connectivity index (χ3n) is 3.61. The third-order valence-corrected chi connectivity index (χ3v) is 5.69. The van der Waals surface area contributed by atoms with Crippen LogP contribution in [0.3, 0.4) is 0 Å². The second kappa shape index (κ2) is 9.28. The van der Waals surface area contributed by atoms with Gasteiger partial charge >= 0.3 is 0 Å². The number of unbranched alkanes of at least 4 members (excludes halogenated alkanes) is 2. The molecule has 0 atom stereocenters. The first kappa shape index (κ1) is 19.1. The molecule has 0 spiro atoms. The van der Waals surface area contributed by atoms with Crippen LogP contribution >= 0.6 is 23.5 Å². The van der Waals surface area contributed by atoms with Crippen molar-refractivity contribution in [3.63, 3.8) is 0 Å². The maximum absolute atomic E-state index is 10.3. The average Bonchev–Trinajstić information content (AvgIpc) is 2.54. The SMILES string of the molecule is CCCCCSc1ccc(O)c(-c2cc(SC(C)C)ccc2O)c1. The Kier molecular flexibility index (Phi) is 7.38. The van der Waals surface area contributed by atoms with Crippen LogP contribution in [0.2, 0.25) is 0 Å². The Balaban J connectivity index is 2.26. The predicted molar refractivity (Wildman–Crippen MR) is 106 cm³/mol. The Morgan fingerprint density at radius 3 is 2.04 bits per heavy atom. The molecule has 0 unspecified atom stereocenters. The minimum absolute atomic E-state index is 0.200. The van der Waals surface area contributed by atoms with Gasteiger partial charge in [-0.15, -0.1) is 23.5 Å². The first-order valence-corrected chi connectivity index (χ1v) is 10.3. The molecular weight excluding hydrogens is 336 g/mol. The number of phenolic OH excluding ortho intramolecular Hbond substituents is 2. The highest BCUT2D eigenvalue weighted by atomic mass is 32.2. The molecule has 2 N–H and O–H groups in total. The molecule has 0 heterocycles. The van der Waals surface area contributed by atoms with Gasteiger partial charge in [-0.1, -0.05) is 33.6 Å². The van der Waals surface area contributed by atoms with Crippen molar-refractivity contribution in [1.29, 1.82) is 0 Å². The van der Waals surface area contributed by atoms with Gasteiger partial charge in [0.25, 0.3) is 0 Å². The standard InChI is InChI=1S/C20H26O2S2/c1-4-5-6-11-23-15-7-9-19(21)17(12-15)18-13-16(24-14(2)3)8-10-20(18)22/h7-10,12-14,21-22H,4-6,11H2,1-3H3. The van der Waals surface area contributed by atoms with Crippen molar-refractivity contribution in [3.8, 4) is 22.6 Å². The van der Waals surface area contributed by atoms with E-state index in [1.165, 1.54) is 19.3 Å². The molecule has 0 radical (unpaired) electrons. The second-order valence-electron chi connectivity index (χ2n) is 6.08. The lowest BCUT2D eigenvalue weighted by Gasteiger charge is -2.12. The molecule has 2 nitrogen and oxygen atoms in total. The van der Waals surface area contributed by atoms with Gasteiger partial charge in [0, 0.05) is 26.2 Å². The minimum atomic E-state index is 0.200. The molecule has 0 aliphatic rings. The van der Waals surface area contributed by atoms with Gasteiger partial charge in [-0.05, 0) is 48.6 Å². The van der Waals surface area contributed by atoms with Crippen molar-refractivity contribution >= 4 is 23.5 Å². The second-order valence-corrected chi connectivity index (χ2v) is 8.90. The molecule has 2 aromatic carbocycles. The van der Waals surface area contributed by atoms with Gasteiger partial charge in [0.15, 0.2) is 0 Å². The summed E-state index contributed by atoms with van der Waals surface area (Å²) in [5, 5.41) is 21.0. The number of benzene rings is 2. The van der Waals surface area contributed by atoms with Crippen LogP contribution in [0.1, 0.15) is 40.0 Å². The summed E-state index contributed by atoms with van der Waals surface area (Å²) >= 11 is 3.55. The molecule has 2 rings (SSSR count). The van der Waals surface area contributed by atoms with E-state index < -0.39 is 0 Å². The van der Waals surface area contributed by atoms with E-state index in [1.807, 2.05) is 24.3 Å². The minimum Gasteiger partial charge on any atom is -0.507 e. The van der Waals surface area contributed by atoms with Crippen LogP contribution in [0.5, 0.6) is 11.5 Å². The highest BCUT2D eigenvalue weighted by molar-refractivity contribution is 8.00. The zero-order chi connectivity index (χ0) is 17.5. The van der Waals surface area contributed by atoms with Crippen molar-refractivity contribution in [2.75, 3.05) is 5.75 Å². The van der Waals surface area contributed by atoms with Gasteiger partial charge in [-0.3, -0.25) is 0 Å². The van der Waals surface area contributed by atoms with Crippen LogP contribution in [-0.4, -0.2) is 21.2 Å². The number of rotatable bonds is 8. The van der Waals surface area contributed by atoms with E-state index in [0.717, 1.165) is 15.5 Å². The molecule has 0 saturated heterocycles. The molecule has 4 heteroatoms. The van der Waals surface area contributed by atoms with Crippen molar-refractivity contribution in [1.82, 2.24) is 0 Å². The normalized spacial score (nSPS) is 11.2. The van der Waals surface area contributed by atoms with Crippen LogP contribution < -0.4 is 0 Å². The van der Waals surface area contributed by atoms with Crippen LogP contribution in [-0.2, 0) is 0 Å². The molecule has 0 saturated carbocycles. The zero-order valence-corrected chi connectivity index (χ0v) is 16.2. The highest BCUT2D eigenvalue weighted by Crippen LogP contribution is 2.40. The summed E-state index contributed by atoms with van der Waals surface area (Å²) in [7, 11) is 0. The zero-order valence-electron chi connectivity index (χ0n) is 14.6. The smallest absolute Gasteiger partial charge is 0.123 e. The molecule has 0 bridgehead atoms. The van der Waals surface area contributed by atoms with Crippen LogP contribution in [0.25, 0.3) is 11.1 Å². The lowest BCUT2D eigenvalue weighted by atomic mass is 10.0. The van der Waals surface area contributed by atoms with Gasteiger partial charge in [0.1, 0.15) is 11.5 Å². The van der Waals surface area contributed by atoms with Gasteiger partial charge in [-0.25, -0.2) is 0 Å². The van der Waals surface area contributed by atoms with Crippen molar-refractivity contribution in [3.05, 3.63) is 36.4 Å². The fourth-order valence-corrected chi connectivity index (χ4v) is 4.27. The molecule has 0 aromatic heterocycles. The number of aromatic hydroxyl groups is 2. The summed E-state index contributed by atoms with van der Waals surface area (Å²) in [5.74, 6) is 1.48. The van der Waals surface area contributed by atoms with E-state index in [9.17, 15) is 10.2 Å². The molecule has 0 aliphatic heterocycles. The first-order chi connectivity index (χ1) is 11.5. The predicted octanol–water partition coefficient (Wildman–Crippen LogP) is 6.55. The van der Waals surface area contributed by atoms with Crippen LogP contribution in [0, 0.1) is 0 Å². The first-order valence-electron chi connectivity index (χ1n) is 8.47. The Morgan fingerprint density at radius 2 is 1.46 bits per heavy atom. The monoisotopic (exact) mass is 362 g/mol. The van der Waals surface area contributed by atoms with Gasteiger partial charge in [0.2, 0.25) is 0 Å². The average molecular weight is 363 g/mol. The van der Waals surface area contributed by atoms with E-state index in [1.54, 1.807) is 35.7 Å². The summed E-state index contributed by atoms with van der Waals surface area (Å²) < 4.78 is 0. The maximum atomic E-state index is 10.3. The van der Waals surface area contributed by atoms with Crippen LogP contribution in [0.4, 0.5) is 0 Å². The number of thioether (sulfide) groups is 2. The molecule has 0 fully saturated rings. The number of hydrogen-bond donors (Lipinski definition) is 2. The lowest BCUT2D eigenvalue weighted by molar-refractivity contribution is 0.468. The molecule has 2 aromatic rings. The molecule has 130 valence electrons. The van der Waals surface area contributed by atoms with Crippen molar-refractivity contribution in [2.45, 2.75) is 55.1 Å². The summed E-state index contributed by atoms with van der Waals surface area (Å²) in [6.45, 7) is 6.48. The van der Waals surface area contributed by atoms with E-state index in [-0.39, 0.29) is 11.5 Å².